The highest BCUT2D eigenvalue weighted by molar-refractivity contribution is 5.95. The number of anilines is 2. The topological polar surface area (TPSA) is 157 Å². The average molecular weight is 703 g/mol. The number of piperidine rings is 1. The molecule has 0 spiro atoms. The van der Waals surface area contributed by atoms with Gasteiger partial charge in [-0.1, -0.05) is 6.07 Å². The van der Waals surface area contributed by atoms with E-state index >= 15 is 0 Å². The third kappa shape index (κ3) is 8.98. The molecular formula is C37H50N8O6. The van der Waals surface area contributed by atoms with E-state index in [1.165, 1.54) is 17.5 Å². The SMILES string of the molecule is CC(=O)N1CCC(Nc2cc(C(=O)NCC(O)CN3CCc4c(ccc(OCc5ocnc5C)c4C)C3)cc(N3CCN(C(C)=O)CC3)n2)CC1. The number of aliphatic hydroxyl groups is 1. The number of pyridine rings is 1. The molecule has 2 fully saturated rings. The summed E-state index contributed by atoms with van der Waals surface area (Å²) in [5, 5.41) is 17.4. The Morgan fingerprint density at radius 2 is 1.73 bits per heavy atom. The second kappa shape index (κ2) is 16.1. The zero-order valence-corrected chi connectivity index (χ0v) is 30.1. The average Bonchev–Trinajstić information content (AvgIpc) is 3.54. The highest BCUT2D eigenvalue weighted by Crippen LogP contribution is 2.30. The molecule has 3 aliphatic rings. The van der Waals surface area contributed by atoms with E-state index in [1.54, 1.807) is 26.0 Å². The number of hydrogen-bond donors (Lipinski definition) is 3. The van der Waals surface area contributed by atoms with Crippen molar-refractivity contribution in [2.24, 2.45) is 0 Å². The number of aliphatic hydroxyl groups excluding tert-OH is 1. The number of hydrogen-bond acceptors (Lipinski definition) is 11. The molecule has 14 nitrogen and oxygen atoms in total. The van der Waals surface area contributed by atoms with Crippen molar-refractivity contribution in [1.82, 2.24) is 30.0 Å². The van der Waals surface area contributed by atoms with Gasteiger partial charge in [-0.05, 0) is 68.0 Å². The molecule has 2 aromatic heterocycles. The predicted octanol–water partition coefficient (Wildman–Crippen LogP) is 2.51. The first kappa shape index (κ1) is 36.1. The number of carbonyl (C=O) groups excluding carboxylic acids is 3. The summed E-state index contributed by atoms with van der Waals surface area (Å²) in [5.41, 5.74) is 4.86. The number of ether oxygens (including phenoxy) is 1. The molecule has 2 saturated heterocycles. The monoisotopic (exact) mass is 702 g/mol. The molecular weight excluding hydrogens is 652 g/mol. The van der Waals surface area contributed by atoms with Crippen molar-refractivity contribution < 1.29 is 28.6 Å². The van der Waals surface area contributed by atoms with Gasteiger partial charge in [0.25, 0.3) is 5.91 Å². The smallest absolute Gasteiger partial charge is 0.251 e. The van der Waals surface area contributed by atoms with E-state index in [0.29, 0.717) is 81.9 Å². The first-order chi connectivity index (χ1) is 24.5. The largest absolute Gasteiger partial charge is 0.485 e. The lowest BCUT2D eigenvalue weighted by atomic mass is 9.94. The van der Waals surface area contributed by atoms with Crippen LogP contribution in [0.15, 0.2) is 35.1 Å². The Kier molecular flexibility index (Phi) is 11.4. The molecule has 6 rings (SSSR count). The first-order valence-corrected chi connectivity index (χ1v) is 17.9. The Balaban J connectivity index is 1.05. The van der Waals surface area contributed by atoms with Crippen molar-refractivity contribution in [3.63, 3.8) is 0 Å². The van der Waals surface area contributed by atoms with Crippen LogP contribution in [-0.2, 0) is 29.2 Å². The van der Waals surface area contributed by atoms with Crippen molar-refractivity contribution >= 4 is 29.4 Å². The lowest BCUT2D eigenvalue weighted by molar-refractivity contribution is -0.130. The number of aryl methyl sites for hydroxylation is 1. The molecule has 51 heavy (non-hydrogen) atoms. The molecule has 5 heterocycles. The summed E-state index contributed by atoms with van der Waals surface area (Å²) < 4.78 is 11.5. The Labute approximate surface area is 299 Å². The predicted molar refractivity (Wildman–Crippen MR) is 192 cm³/mol. The maximum Gasteiger partial charge on any atom is 0.251 e. The van der Waals surface area contributed by atoms with Crippen LogP contribution in [0.25, 0.3) is 0 Å². The van der Waals surface area contributed by atoms with Gasteiger partial charge in [-0.15, -0.1) is 0 Å². The number of oxazole rings is 1. The number of fused-ring (bicyclic) bond motifs is 1. The lowest BCUT2D eigenvalue weighted by Gasteiger charge is -2.35. The molecule has 274 valence electrons. The number of nitrogens with zero attached hydrogens (tertiary/aromatic N) is 6. The van der Waals surface area contributed by atoms with Crippen LogP contribution in [0.5, 0.6) is 5.75 Å². The zero-order chi connectivity index (χ0) is 36.1. The fraction of sp³-hybridized carbons (Fsp3) is 0.541. The molecule has 1 unspecified atom stereocenters. The minimum Gasteiger partial charge on any atom is -0.485 e. The van der Waals surface area contributed by atoms with Crippen LogP contribution in [-0.4, -0.2) is 119 Å². The maximum absolute atomic E-state index is 13.5. The molecule has 3 N–H and O–H groups in total. The Bertz CT molecular complexity index is 1710. The maximum atomic E-state index is 13.5. The second-order valence-electron chi connectivity index (χ2n) is 13.8. The van der Waals surface area contributed by atoms with Crippen LogP contribution in [0.4, 0.5) is 11.6 Å². The number of nitrogens with one attached hydrogen (secondary N) is 2. The molecule has 3 aromatic rings. The van der Waals surface area contributed by atoms with E-state index in [1.807, 2.05) is 22.8 Å². The van der Waals surface area contributed by atoms with E-state index in [2.05, 4.69) is 38.4 Å². The van der Waals surface area contributed by atoms with Gasteiger partial charge in [-0.25, -0.2) is 9.97 Å². The summed E-state index contributed by atoms with van der Waals surface area (Å²) in [5.74, 6) is 2.64. The molecule has 0 radical (unpaired) electrons. The quantitative estimate of drug-likeness (QED) is 0.270. The van der Waals surface area contributed by atoms with Gasteiger partial charge in [0.2, 0.25) is 11.8 Å². The zero-order valence-electron chi connectivity index (χ0n) is 30.1. The van der Waals surface area contributed by atoms with Crippen LogP contribution in [0, 0.1) is 13.8 Å². The summed E-state index contributed by atoms with van der Waals surface area (Å²) >= 11 is 0. The van der Waals surface area contributed by atoms with Gasteiger partial charge in [0.15, 0.2) is 12.2 Å². The molecule has 3 amide bonds. The first-order valence-electron chi connectivity index (χ1n) is 17.9. The highest BCUT2D eigenvalue weighted by atomic mass is 16.5. The van der Waals surface area contributed by atoms with Crippen LogP contribution < -0.4 is 20.3 Å². The summed E-state index contributed by atoms with van der Waals surface area (Å²) in [4.78, 5) is 54.2. The van der Waals surface area contributed by atoms with E-state index in [4.69, 9.17) is 14.1 Å². The summed E-state index contributed by atoms with van der Waals surface area (Å²) in [7, 11) is 0. The number of carbonyl (C=O) groups is 3. The van der Waals surface area contributed by atoms with Crippen molar-refractivity contribution in [2.75, 3.05) is 69.1 Å². The van der Waals surface area contributed by atoms with Crippen molar-refractivity contribution in [1.29, 1.82) is 0 Å². The van der Waals surface area contributed by atoms with Crippen molar-refractivity contribution in [3.05, 3.63) is 64.4 Å². The van der Waals surface area contributed by atoms with Gasteiger partial charge in [-0.2, -0.15) is 0 Å². The lowest BCUT2D eigenvalue weighted by Crippen LogP contribution is -2.48. The van der Waals surface area contributed by atoms with E-state index < -0.39 is 6.10 Å². The summed E-state index contributed by atoms with van der Waals surface area (Å²) in [6, 6.07) is 7.73. The van der Waals surface area contributed by atoms with Gasteiger partial charge in [-0.3, -0.25) is 19.3 Å². The van der Waals surface area contributed by atoms with Crippen LogP contribution in [0.2, 0.25) is 0 Å². The summed E-state index contributed by atoms with van der Waals surface area (Å²) in [6.07, 6.45) is 3.08. The van der Waals surface area contributed by atoms with E-state index in [0.717, 1.165) is 42.8 Å². The molecule has 0 saturated carbocycles. The molecule has 14 heteroatoms. The minimum absolute atomic E-state index is 0.0476. The minimum atomic E-state index is -0.755. The van der Waals surface area contributed by atoms with Crippen LogP contribution in [0.3, 0.4) is 0 Å². The number of amides is 3. The fourth-order valence-electron chi connectivity index (χ4n) is 7.15. The normalized spacial score (nSPS) is 17.5. The number of likely N-dealkylation sites (tertiary alicyclic amines) is 1. The molecule has 1 aromatic carbocycles. The van der Waals surface area contributed by atoms with Crippen LogP contribution in [0.1, 0.15) is 65.2 Å². The Morgan fingerprint density at radius 3 is 2.41 bits per heavy atom. The number of benzene rings is 1. The fourth-order valence-corrected chi connectivity index (χ4v) is 7.15. The van der Waals surface area contributed by atoms with Crippen LogP contribution >= 0.6 is 0 Å². The van der Waals surface area contributed by atoms with E-state index in [-0.39, 0.29) is 30.3 Å². The third-order valence-corrected chi connectivity index (χ3v) is 10.3. The number of aromatic nitrogens is 2. The van der Waals surface area contributed by atoms with Crippen molar-refractivity contribution in [2.45, 2.75) is 72.3 Å². The van der Waals surface area contributed by atoms with Gasteiger partial charge in [0, 0.05) is 90.9 Å². The van der Waals surface area contributed by atoms with Gasteiger partial charge in [0.05, 0.1) is 11.8 Å². The van der Waals surface area contributed by atoms with Gasteiger partial charge >= 0.3 is 0 Å². The third-order valence-electron chi connectivity index (χ3n) is 10.3. The standard InChI is InChI=1S/C37H50N8O6/c1-24-32-9-10-42(20-28(32)5-6-33(24)50-22-34-25(2)39-23-51-34)21-31(48)19-38-37(49)29-17-35(40-30-7-11-43(12-8-30)26(3)46)41-36(18-29)45-15-13-44(14-16-45)27(4)47/h5-6,17-18,23,30-31,48H,7-16,19-22H2,1-4H3,(H,38,49)(H,40,41). The second-order valence-corrected chi connectivity index (χ2v) is 13.8. The van der Waals surface area contributed by atoms with Gasteiger partial charge < -0.3 is 39.6 Å². The molecule has 1 atom stereocenters. The number of rotatable bonds is 11. The van der Waals surface area contributed by atoms with E-state index in [9.17, 15) is 19.5 Å². The molecule has 0 bridgehead atoms. The highest BCUT2D eigenvalue weighted by Gasteiger charge is 2.26. The Morgan fingerprint density at radius 1 is 1.00 bits per heavy atom. The number of β-amino-alcohol motifs (C(OH)–C–C–N with tert-alkyl or cyclic N) is 1. The van der Waals surface area contributed by atoms with Gasteiger partial charge in [0.1, 0.15) is 24.0 Å². The number of piperazine rings is 1. The Hall–Kier alpha value is -4.69. The molecule has 3 aliphatic heterocycles. The van der Waals surface area contributed by atoms with Crippen molar-refractivity contribution in [3.8, 4) is 5.75 Å². The molecule has 0 aliphatic carbocycles. The summed E-state index contributed by atoms with van der Waals surface area (Å²) in [6.45, 7) is 13.2.